The lowest BCUT2D eigenvalue weighted by Crippen LogP contribution is -2.48. The fourth-order valence-corrected chi connectivity index (χ4v) is 3.83. The van der Waals surface area contributed by atoms with E-state index in [0.717, 1.165) is 19.4 Å². The molecule has 0 heterocycles. The van der Waals surface area contributed by atoms with Gasteiger partial charge >= 0.3 is 0 Å². The van der Waals surface area contributed by atoms with Crippen molar-refractivity contribution in [2.24, 2.45) is 0 Å². The van der Waals surface area contributed by atoms with Crippen LogP contribution in [0.3, 0.4) is 0 Å². The zero-order valence-corrected chi connectivity index (χ0v) is 18.6. The standard InChI is InChI=1S/C23H48N2O/c1-5-9-10-11-12-13-14-15-16-17-18-20-23(26)24-21-19-22-25(6-2,7-3)8-4/h5-22H2,1-4H3/p+1. The molecule has 3 nitrogen and oxygen atoms in total. The van der Waals surface area contributed by atoms with Crippen LogP contribution >= 0.6 is 0 Å². The lowest BCUT2D eigenvalue weighted by Gasteiger charge is -2.35. The van der Waals surface area contributed by atoms with Gasteiger partial charge in [-0.2, -0.15) is 0 Å². The first-order chi connectivity index (χ1) is 12.6. The van der Waals surface area contributed by atoms with Gasteiger partial charge in [0.2, 0.25) is 5.91 Å². The molecule has 1 amide bonds. The van der Waals surface area contributed by atoms with Crippen LogP contribution in [0, 0.1) is 0 Å². The highest BCUT2D eigenvalue weighted by Crippen LogP contribution is 2.12. The summed E-state index contributed by atoms with van der Waals surface area (Å²) in [7, 11) is 0. The topological polar surface area (TPSA) is 29.1 Å². The van der Waals surface area contributed by atoms with Crippen molar-refractivity contribution in [1.82, 2.24) is 5.32 Å². The lowest BCUT2D eigenvalue weighted by molar-refractivity contribution is -0.923. The second kappa shape index (κ2) is 17.8. The number of nitrogens with one attached hydrogen (secondary N) is 1. The molecule has 0 unspecified atom stereocenters. The molecule has 0 bridgehead atoms. The van der Waals surface area contributed by atoms with Crippen molar-refractivity contribution in [3.8, 4) is 0 Å². The van der Waals surface area contributed by atoms with Crippen molar-refractivity contribution in [3.63, 3.8) is 0 Å². The molecule has 3 heteroatoms. The first-order valence-corrected chi connectivity index (χ1v) is 11.8. The summed E-state index contributed by atoms with van der Waals surface area (Å²) in [6, 6.07) is 0. The molecule has 0 atom stereocenters. The summed E-state index contributed by atoms with van der Waals surface area (Å²) in [5.41, 5.74) is 0. The van der Waals surface area contributed by atoms with Gasteiger partial charge in [-0.25, -0.2) is 0 Å². The lowest BCUT2D eigenvalue weighted by atomic mass is 10.1. The normalized spacial score (nSPS) is 11.7. The van der Waals surface area contributed by atoms with E-state index in [0.29, 0.717) is 6.42 Å². The average Bonchev–Trinajstić information content (AvgIpc) is 2.67. The molecule has 0 rings (SSSR count). The summed E-state index contributed by atoms with van der Waals surface area (Å²) in [5.74, 6) is 0.253. The maximum absolute atomic E-state index is 11.9. The van der Waals surface area contributed by atoms with Gasteiger partial charge in [0.05, 0.1) is 26.2 Å². The molecule has 0 aromatic carbocycles. The first kappa shape index (κ1) is 25.4. The van der Waals surface area contributed by atoms with Gasteiger partial charge in [-0.1, -0.05) is 71.1 Å². The molecule has 0 fully saturated rings. The minimum atomic E-state index is 0.253. The smallest absolute Gasteiger partial charge is 0.219 e. The van der Waals surface area contributed by atoms with E-state index in [2.05, 4.69) is 33.0 Å². The van der Waals surface area contributed by atoms with E-state index in [-0.39, 0.29) is 5.91 Å². The third-order valence-corrected chi connectivity index (χ3v) is 6.15. The van der Waals surface area contributed by atoms with E-state index in [1.54, 1.807) is 0 Å². The van der Waals surface area contributed by atoms with Gasteiger partial charge in [-0.3, -0.25) is 4.79 Å². The molecule has 0 spiro atoms. The average molecular weight is 370 g/mol. The Morgan fingerprint density at radius 1 is 0.654 bits per heavy atom. The summed E-state index contributed by atoms with van der Waals surface area (Å²) < 4.78 is 1.18. The van der Waals surface area contributed by atoms with Gasteiger partial charge in [0.1, 0.15) is 0 Å². The number of amides is 1. The van der Waals surface area contributed by atoms with Crippen LogP contribution in [-0.2, 0) is 4.79 Å². The van der Waals surface area contributed by atoms with Crippen LogP contribution in [0.5, 0.6) is 0 Å². The number of carbonyl (C=O) groups excluding carboxylic acids is 1. The molecular formula is C23H49N2O+. The summed E-state index contributed by atoms with van der Waals surface area (Å²) in [5, 5.41) is 3.11. The van der Waals surface area contributed by atoms with E-state index in [1.165, 1.54) is 94.9 Å². The third-order valence-electron chi connectivity index (χ3n) is 6.15. The maximum Gasteiger partial charge on any atom is 0.219 e. The zero-order valence-electron chi connectivity index (χ0n) is 18.6. The molecule has 156 valence electrons. The van der Waals surface area contributed by atoms with Gasteiger partial charge in [-0.15, -0.1) is 0 Å². The van der Waals surface area contributed by atoms with Crippen molar-refractivity contribution in [1.29, 1.82) is 0 Å². The van der Waals surface area contributed by atoms with Crippen LogP contribution in [0.15, 0.2) is 0 Å². The zero-order chi connectivity index (χ0) is 19.5. The van der Waals surface area contributed by atoms with Gasteiger partial charge in [0.15, 0.2) is 0 Å². The molecule has 1 N–H and O–H groups in total. The molecule has 0 aliphatic carbocycles. The Hall–Kier alpha value is -0.570. The Morgan fingerprint density at radius 3 is 1.58 bits per heavy atom. The predicted molar refractivity (Wildman–Crippen MR) is 115 cm³/mol. The Balaban J connectivity index is 3.42. The van der Waals surface area contributed by atoms with Crippen molar-refractivity contribution in [3.05, 3.63) is 0 Å². The number of hydrogen-bond donors (Lipinski definition) is 1. The number of quaternary nitrogens is 1. The SMILES string of the molecule is CCCCCCCCCCCCCC(=O)NCCC[N+](CC)(CC)CC. The van der Waals surface area contributed by atoms with E-state index in [1.807, 2.05) is 0 Å². The molecule has 0 aromatic rings. The van der Waals surface area contributed by atoms with E-state index in [9.17, 15) is 4.79 Å². The van der Waals surface area contributed by atoms with Crippen molar-refractivity contribution in [2.75, 3.05) is 32.7 Å². The summed E-state index contributed by atoms with van der Waals surface area (Å²) in [6.07, 6.45) is 16.5. The summed E-state index contributed by atoms with van der Waals surface area (Å²) >= 11 is 0. The summed E-state index contributed by atoms with van der Waals surface area (Å²) in [4.78, 5) is 11.9. The largest absolute Gasteiger partial charge is 0.356 e. The minimum absolute atomic E-state index is 0.253. The fourth-order valence-electron chi connectivity index (χ4n) is 3.83. The highest BCUT2D eigenvalue weighted by molar-refractivity contribution is 5.75. The molecular weight excluding hydrogens is 320 g/mol. The predicted octanol–water partition coefficient (Wildman–Crippen LogP) is 6.07. The van der Waals surface area contributed by atoms with Crippen molar-refractivity contribution in [2.45, 2.75) is 111 Å². The van der Waals surface area contributed by atoms with Crippen molar-refractivity contribution < 1.29 is 9.28 Å². The molecule has 0 radical (unpaired) electrons. The molecule has 0 aliphatic heterocycles. The monoisotopic (exact) mass is 369 g/mol. The van der Waals surface area contributed by atoms with Crippen LogP contribution in [0.4, 0.5) is 0 Å². The number of unbranched alkanes of at least 4 members (excludes halogenated alkanes) is 10. The molecule has 0 aliphatic rings. The molecule has 0 saturated heterocycles. The number of carbonyl (C=O) groups is 1. The Morgan fingerprint density at radius 2 is 1.12 bits per heavy atom. The number of hydrogen-bond acceptors (Lipinski definition) is 1. The Kier molecular flexibility index (Phi) is 17.4. The van der Waals surface area contributed by atoms with E-state index in [4.69, 9.17) is 0 Å². The second-order valence-electron chi connectivity index (χ2n) is 8.00. The van der Waals surface area contributed by atoms with Gasteiger partial charge < -0.3 is 9.80 Å². The fraction of sp³-hybridized carbons (Fsp3) is 0.957. The maximum atomic E-state index is 11.9. The highest BCUT2D eigenvalue weighted by atomic mass is 16.1. The van der Waals surface area contributed by atoms with Gasteiger partial charge in [-0.05, 0) is 27.2 Å². The van der Waals surface area contributed by atoms with Crippen molar-refractivity contribution >= 4 is 5.91 Å². The van der Waals surface area contributed by atoms with Crippen LogP contribution in [-0.4, -0.2) is 43.1 Å². The summed E-state index contributed by atoms with van der Waals surface area (Å²) in [6.45, 7) is 14.7. The third kappa shape index (κ3) is 13.6. The molecule has 0 saturated carbocycles. The molecule has 26 heavy (non-hydrogen) atoms. The highest BCUT2D eigenvalue weighted by Gasteiger charge is 2.19. The Bertz CT molecular complexity index is 305. The second-order valence-corrected chi connectivity index (χ2v) is 8.00. The Labute approximate surface area is 164 Å². The molecule has 0 aromatic heterocycles. The minimum Gasteiger partial charge on any atom is -0.356 e. The van der Waals surface area contributed by atoms with E-state index >= 15 is 0 Å². The van der Waals surface area contributed by atoms with E-state index < -0.39 is 0 Å². The number of nitrogens with zero attached hydrogens (tertiary/aromatic N) is 1. The van der Waals surface area contributed by atoms with Crippen LogP contribution in [0.25, 0.3) is 0 Å². The number of rotatable bonds is 19. The van der Waals surface area contributed by atoms with Crippen LogP contribution in [0.1, 0.15) is 111 Å². The van der Waals surface area contributed by atoms with Crippen LogP contribution in [0.2, 0.25) is 0 Å². The quantitative estimate of drug-likeness (QED) is 0.217. The first-order valence-electron chi connectivity index (χ1n) is 11.8. The van der Waals surface area contributed by atoms with Gasteiger partial charge in [0, 0.05) is 19.4 Å². The van der Waals surface area contributed by atoms with Crippen LogP contribution < -0.4 is 5.32 Å². The van der Waals surface area contributed by atoms with Gasteiger partial charge in [0.25, 0.3) is 0 Å².